The summed E-state index contributed by atoms with van der Waals surface area (Å²) in [5.41, 5.74) is 3.50. The Hall–Kier alpha value is -1.60. The standard InChI is InChI=1S/C18H24N4OS2/c1-13-8-7-9-15(14(13)2)19-17-20-21-18(25-17)24-12-16(23)22-10-5-3-4-6-11-22/h7-9H,3-6,10-12H2,1-2H3,(H,19,20). The van der Waals surface area contributed by atoms with Gasteiger partial charge in [-0.2, -0.15) is 0 Å². The number of hydrogen-bond donors (Lipinski definition) is 1. The molecule has 1 fully saturated rings. The Kier molecular flexibility index (Phi) is 6.31. The summed E-state index contributed by atoms with van der Waals surface area (Å²) >= 11 is 2.98. The van der Waals surface area contributed by atoms with Gasteiger partial charge in [-0.15, -0.1) is 10.2 Å². The Morgan fingerprint density at radius 2 is 1.96 bits per heavy atom. The van der Waals surface area contributed by atoms with Crippen molar-refractivity contribution in [3.8, 4) is 0 Å². The number of nitrogens with zero attached hydrogens (tertiary/aromatic N) is 3. The van der Waals surface area contributed by atoms with Gasteiger partial charge >= 0.3 is 0 Å². The molecule has 25 heavy (non-hydrogen) atoms. The summed E-state index contributed by atoms with van der Waals surface area (Å²) in [6.07, 6.45) is 4.72. The van der Waals surface area contributed by atoms with Gasteiger partial charge in [0, 0.05) is 18.8 Å². The number of hydrogen-bond acceptors (Lipinski definition) is 6. The van der Waals surface area contributed by atoms with Crippen LogP contribution in [0.4, 0.5) is 10.8 Å². The monoisotopic (exact) mass is 376 g/mol. The smallest absolute Gasteiger partial charge is 0.233 e. The van der Waals surface area contributed by atoms with E-state index in [1.807, 2.05) is 17.0 Å². The molecule has 0 atom stereocenters. The first kappa shape index (κ1) is 18.2. The van der Waals surface area contributed by atoms with Crippen LogP contribution in [0.1, 0.15) is 36.8 Å². The molecule has 0 aliphatic carbocycles. The summed E-state index contributed by atoms with van der Waals surface area (Å²) < 4.78 is 0.830. The number of benzene rings is 1. The van der Waals surface area contributed by atoms with Crippen molar-refractivity contribution in [2.24, 2.45) is 0 Å². The Labute approximate surface area is 157 Å². The maximum atomic E-state index is 12.4. The van der Waals surface area contributed by atoms with Gasteiger partial charge in [0.15, 0.2) is 4.34 Å². The van der Waals surface area contributed by atoms with E-state index >= 15 is 0 Å². The van der Waals surface area contributed by atoms with Gasteiger partial charge in [-0.05, 0) is 43.9 Å². The molecule has 7 heteroatoms. The molecule has 3 rings (SSSR count). The second kappa shape index (κ2) is 8.67. The van der Waals surface area contributed by atoms with Gasteiger partial charge in [-0.3, -0.25) is 4.79 Å². The average molecular weight is 377 g/mol. The van der Waals surface area contributed by atoms with E-state index in [9.17, 15) is 4.79 Å². The van der Waals surface area contributed by atoms with Crippen molar-refractivity contribution >= 4 is 39.8 Å². The molecule has 0 radical (unpaired) electrons. The first-order chi connectivity index (χ1) is 12.1. The maximum absolute atomic E-state index is 12.4. The molecular formula is C18H24N4OS2. The van der Waals surface area contributed by atoms with Crippen LogP contribution in [0.15, 0.2) is 22.5 Å². The normalized spacial score (nSPS) is 15.0. The number of likely N-dealkylation sites (tertiary alicyclic amines) is 1. The lowest BCUT2D eigenvalue weighted by molar-refractivity contribution is -0.128. The summed E-state index contributed by atoms with van der Waals surface area (Å²) in [6.45, 7) is 5.98. The zero-order chi connectivity index (χ0) is 17.6. The van der Waals surface area contributed by atoms with Gasteiger partial charge in [-0.25, -0.2) is 0 Å². The molecule has 1 saturated heterocycles. The van der Waals surface area contributed by atoms with E-state index in [1.165, 1.54) is 47.1 Å². The van der Waals surface area contributed by atoms with Crippen molar-refractivity contribution in [2.75, 3.05) is 24.2 Å². The molecule has 1 aromatic carbocycles. The molecule has 0 bridgehead atoms. The molecule has 1 N–H and O–H groups in total. The van der Waals surface area contributed by atoms with Crippen LogP contribution >= 0.6 is 23.1 Å². The number of carbonyl (C=O) groups excluding carboxylic acids is 1. The van der Waals surface area contributed by atoms with Gasteiger partial charge in [0.2, 0.25) is 11.0 Å². The Bertz CT molecular complexity index is 724. The fourth-order valence-corrected chi connectivity index (χ4v) is 4.52. The lowest BCUT2D eigenvalue weighted by Crippen LogP contribution is -2.33. The largest absolute Gasteiger partial charge is 0.342 e. The van der Waals surface area contributed by atoms with E-state index in [-0.39, 0.29) is 5.91 Å². The number of aryl methyl sites for hydroxylation is 1. The third-order valence-electron chi connectivity index (χ3n) is 4.53. The molecule has 0 spiro atoms. The lowest BCUT2D eigenvalue weighted by atomic mass is 10.1. The molecule has 1 aliphatic rings. The summed E-state index contributed by atoms with van der Waals surface area (Å²) in [6, 6.07) is 6.16. The van der Waals surface area contributed by atoms with E-state index in [0.717, 1.165) is 41.1 Å². The summed E-state index contributed by atoms with van der Waals surface area (Å²) in [5.74, 6) is 0.657. The van der Waals surface area contributed by atoms with Gasteiger partial charge in [0.05, 0.1) is 5.75 Å². The number of amides is 1. The summed E-state index contributed by atoms with van der Waals surface area (Å²) in [7, 11) is 0. The predicted molar refractivity (Wildman–Crippen MR) is 105 cm³/mol. The van der Waals surface area contributed by atoms with Crippen LogP contribution in [0.25, 0.3) is 0 Å². The molecule has 5 nitrogen and oxygen atoms in total. The van der Waals surface area contributed by atoms with Crippen molar-refractivity contribution in [2.45, 2.75) is 43.9 Å². The van der Waals surface area contributed by atoms with Crippen molar-refractivity contribution in [3.63, 3.8) is 0 Å². The van der Waals surface area contributed by atoms with E-state index in [1.54, 1.807) is 0 Å². The first-order valence-electron chi connectivity index (χ1n) is 8.71. The molecule has 1 aromatic heterocycles. The highest BCUT2D eigenvalue weighted by atomic mass is 32.2. The highest BCUT2D eigenvalue weighted by Gasteiger charge is 2.16. The van der Waals surface area contributed by atoms with E-state index in [0.29, 0.717) is 5.75 Å². The van der Waals surface area contributed by atoms with Crippen molar-refractivity contribution in [1.82, 2.24) is 15.1 Å². The van der Waals surface area contributed by atoms with Crippen LogP contribution in [-0.2, 0) is 4.79 Å². The van der Waals surface area contributed by atoms with Gasteiger partial charge in [0.25, 0.3) is 0 Å². The molecule has 1 amide bonds. The van der Waals surface area contributed by atoms with E-state index in [4.69, 9.17) is 0 Å². The topological polar surface area (TPSA) is 58.1 Å². The third kappa shape index (κ3) is 4.95. The van der Waals surface area contributed by atoms with Crippen LogP contribution < -0.4 is 5.32 Å². The Balaban J connectivity index is 1.54. The quantitative estimate of drug-likeness (QED) is 0.784. The molecule has 2 heterocycles. The number of nitrogens with one attached hydrogen (secondary N) is 1. The van der Waals surface area contributed by atoms with Gasteiger partial charge < -0.3 is 10.2 Å². The van der Waals surface area contributed by atoms with Crippen molar-refractivity contribution < 1.29 is 4.79 Å². The molecule has 1 aliphatic heterocycles. The van der Waals surface area contributed by atoms with Crippen LogP contribution in [0.3, 0.4) is 0 Å². The van der Waals surface area contributed by atoms with E-state index < -0.39 is 0 Å². The minimum Gasteiger partial charge on any atom is -0.342 e. The molecular weight excluding hydrogens is 352 g/mol. The lowest BCUT2D eigenvalue weighted by Gasteiger charge is -2.19. The highest BCUT2D eigenvalue weighted by Crippen LogP contribution is 2.29. The van der Waals surface area contributed by atoms with Gasteiger partial charge in [-0.1, -0.05) is 48.1 Å². The van der Waals surface area contributed by atoms with Gasteiger partial charge in [0.1, 0.15) is 0 Å². The van der Waals surface area contributed by atoms with Crippen molar-refractivity contribution in [1.29, 1.82) is 0 Å². The average Bonchev–Trinajstić information content (AvgIpc) is 2.87. The van der Waals surface area contributed by atoms with Crippen LogP contribution in [0.2, 0.25) is 0 Å². The highest BCUT2D eigenvalue weighted by molar-refractivity contribution is 8.01. The SMILES string of the molecule is Cc1cccc(Nc2nnc(SCC(=O)N3CCCCCC3)s2)c1C. The minimum absolute atomic E-state index is 0.214. The van der Waals surface area contributed by atoms with E-state index in [2.05, 4.69) is 35.4 Å². The molecule has 0 unspecified atom stereocenters. The van der Waals surface area contributed by atoms with Crippen molar-refractivity contribution in [3.05, 3.63) is 29.3 Å². The molecule has 0 saturated carbocycles. The van der Waals surface area contributed by atoms with Crippen LogP contribution in [0.5, 0.6) is 0 Å². The maximum Gasteiger partial charge on any atom is 0.233 e. The number of thioether (sulfide) groups is 1. The number of rotatable bonds is 5. The summed E-state index contributed by atoms with van der Waals surface area (Å²) in [5, 5.41) is 12.5. The second-order valence-electron chi connectivity index (χ2n) is 6.33. The molecule has 134 valence electrons. The predicted octanol–water partition coefficient (Wildman–Crippen LogP) is 4.39. The molecule has 2 aromatic rings. The zero-order valence-electron chi connectivity index (χ0n) is 14.7. The summed E-state index contributed by atoms with van der Waals surface area (Å²) in [4.78, 5) is 14.3. The fraction of sp³-hybridized carbons (Fsp3) is 0.500. The zero-order valence-corrected chi connectivity index (χ0v) is 16.4. The first-order valence-corrected chi connectivity index (χ1v) is 10.5. The minimum atomic E-state index is 0.214. The number of anilines is 2. The number of carbonyl (C=O) groups is 1. The Morgan fingerprint density at radius 3 is 2.72 bits per heavy atom. The Morgan fingerprint density at radius 1 is 1.20 bits per heavy atom. The number of aromatic nitrogens is 2. The van der Waals surface area contributed by atoms with Crippen LogP contribution in [0, 0.1) is 13.8 Å². The fourth-order valence-electron chi connectivity index (χ4n) is 2.86. The second-order valence-corrected chi connectivity index (χ2v) is 8.53. The third-order valence-corrected chi connectivity index (χ3v) is 6.49. The van der Waals surface area contributed by atoms with Crippen LogP contribution in [-0.4, -0.2) is 39.8 Å².